The molecule has 2 aromatic heterocycles. The lowest BCUT2D eigenvalue weighted by molar-refractivity contribution is -0.137. The van der Waals surface area contributed by atoms with Crippen molar-refractivity contribution in [2.45, 2.75) is 31.5 Å². The summed E-state index contributed by atoms with van der Waals surface area (Å²) >= 11 is 1.34. The van der Waals surface area contributed by atoms with E-state index in [1.807, 2.05) is 30.3 Å². The average Bonchev–Trinajstić information content (AvgIpc) is 3.30. The average molecular weight is 510 g/mol. The number of nitrogen functional groups attached to an aromatic ring is 1. The van der Waals surface area contributed by atoms with Gasteiger partial charge in [-0.2, -0.15) is 13.2 Å². The number of carbonyl (C=O) groups excluding carboxylic acids is 1. The first-order valence-corrected chi connectivity index (χ1v) is 12.2. The number of aromatic nitrogens is 2. The summed E-state index contributed by atoms with van der Waals surface area (Å²) in [6.45, 7) is 0. The monoisotopic (exact) mass is 509 g/mol. The molecule has 2 amide bonds. The van der Waals surface area contributed by atoms with Crippen LogP contribution in [0.5, 0.6) is 0 Å². The van der Waals surface area contributed by atoms with E-state index in [-0.39, 0.29) is 23.1 Å². The van der Waals surface area contributed by atoms with Crippen molar-refractivity contribution in [1.29, 1.82) is 0 Å². The molecule has 6 nitrogen and oxygen atoms in total. The van der Waals surface area contributed by atoms with Crippen LogP contribution in [0.1, 0.15) is 24.8 Å². The minimum Gasteiger partial charge on any atom is -0.396 e. The van der Waals surface area contributed by atoms with E-state index in [9.17, 15) is 18.0 Å². The summed E-state index contributed by atoms with van der Waals surface area (Å²) in [5, 5.41) is 3.27. The normalized spacial score (nSPS) is 13.8. The molecule has 2 aromatic carbocycles. The van der Waals surface area contributed by atoms with Crippen LogP contribution in [0.2, 0.25) is 0 Å². The summed E-state index contributed by atoms with van der Waals surface area (Å²) in [5.41, 5.74) is 7.28. The smallest absolute Gasteiger partial charge is 0.396 e. The summed E-state index contributed by atoms with van der Waals surface area (Å²) in [6, 6.07) is 17.2. The Bertz CT molecular complexity index is 1390. The summed E-state index contributed by atoms with van der Waals surface area (Å²) < 4.78 is 39.7. The number of hydrogen-bond acceptors (Lipinski definition) is 5. The number of rotatable bonds is 5. The van der Waals surface area contributed by atoms with E-state index in [0.29, 0.717) is 10.8 Å². The molecule has 1 aliphatic rings. The fourth-order valence-electron chi connectivity index (χ4n) is 3.97. The Kier molecular flexibility index (Phi) is 6.36. The number of halogens is 3. The van der Waals surface area contributed by atoms with E-state index in [1.54, 1.807) is 24.4 Å². The highest BCUT2D eigenvalue weighted by Gasteiger charge is 2.34. The second-order valence-corrected chi connectivity index (χ2v) is 9.50. The second-order valence-electron chi connectivity index (χ2n) is 8.47. The Balaban J connectivity index is 1.45. The summed E-state index contributed by atoms with van der Waals surface area (Å²) in [4.78, 5) is 24.7. The van der Waals surface area contributed by atoms with E-state index >= 15 is 0 Å². The maximum absolute atomic E-state index is 13.4. The van der Waals surface area contributed by atoms with Crippen LogP contribution in [0.25, 0.3) is 21.7 Å². The van der Waals surface area contributed by atoms with Gasteiger partial charge in [-0.15, -0.1) is 0 Å². The van der Waals surface area contributed by atoms with E-state index in [0.717, 1.165) is 41.8 Å². The lowest BCUT2D eigenvalue weighted by atomic mass is 9.91. The highest BCUT2D eigenvalue weighted by Crippen LogP contribution is 2.36. The van der Waals surface area contributed by atoms with Crippen LogP contribution in [-0.2, 0) is 6.18 Å². The quantitative estimate of drug-likeness (QED) is 0.302. The number of hydrogen-bond donors (Lipinski definition) is 2. The first-order valence-electron chi connectivity index (χ1n) is 11.4. The molecule has 1 fully saturated rings. The van der Waals surface area contributed by atoms with Crippen molar-refractivity contribution >= 4 is 34.0 Å². The first kappa shape index (κ1) is 23.8. The van der Waals surface area contributed by atoms with Crippen LogP contribution >= 0.6 is 11.3 Å². The van der Waals surface area contributed by atoms with Crippen molar-refractivity contribution in [3.05, 3.63) is 78.5 Å². The number of nitrogens with zero attached hydrogens (tertiary/aromatic N) is 3. The summed E-state index contributed by atoms with van der Waals surface area (Å²) in [5.74, 6) is 0.215. The van der Waals surface area contributed by atoms with Gasteiger partial charge in [-0.05, 0) is 49.1 Å². The molecule has 0 saturated heterocycles. The van der Waals surface area contributed by atoms with Gasteiger partial charge < -0.3 is 5.73 Å². The molecule has 184 valence electrons. The second kappa shape index (κ2) is 9.62. The molecule has 0 spiro atoms. The zero-order chi connectivity index (χ0) is 25.3. The lowest BCUT2D eigenvalue weighted by Gasteiger charge is -2.37. The molecule has 0 unspecified atom stereocenters. The number of nitrogens with one attached hydrogen (secondary N) is 1. The van der Waals surface area contributed by atoms with E-state index in [2.05, 4.69) is 15.3 Å². The van der Waals surface area contributed by atoms with E-state index < -0.39 is 17.8 Å². The summed E-state index contributed by atoms with van der Waals surface area (Å²) in [7, 11) is 0. The van der Waals surface area contributed by atoms with Crippen LogP contribution in [0.15, 0.2) is 72.9 Å². The Morgan fingerprint density at radius 3 is 2.47 bits per heavy atom. The molecule has 0 aliphatic heterocycles. The largest absolute Gasteiger partial charge is 0.416 e. The third kappa shape index (κ3) is 4.90. The van der Waals surface area contributed by atoms with E-state index in [1.165, 1.54) is 22.3 Å². The van der Waals surface area contributed by atoms with Gasteiger partial charge in [-0.3, -0.25) is 10.2 Å². The highest BCUT2D eigenvalue weighted by molar-refractivity contribution is 7.19. The molecule has 0 bridgehead atoms. The molecule has 1 saturated carbocycles. The fraction of sp³-hybridized carbons (Fsp3) is 0.192. The zero-order valence-electron chi connectivity index (χ0n) is 19.0. The number of alkyl halides is 3. The minimum atomic E-state index is -4.48. The van der Waals surface area contributed by atoms with Gasteiger partial charge in [0, 0.05) is 17.8 Å². The van der Waals surface area contributed by atoms with Crippen molar-refractivity contribution in [3.8, 4) is 21.7 Å². The Labute approximate surface area is 209 Å². The zero-order valence-corrected chi connectivity index (χ0v) is 19.8. The third-order valence-electron chi connectivity index (χ3n) is 6.06. The van der Waals surface area contributed by atoms with Crippen LogP contribution in [0, 0.1) is 0 Å². The van der Waals surface area contributed by atoms with Gasteiger partial charge in [0.2, 0.25) is 0 Å². The Hall–Kier alpha value is -3.92. The van der Waals surface area contributed by atoms with Crippen LogP contribution in [-0.4, -0.2) is 22.0 Å². The third-order valence-corrected chi connectivity index (χ3v) is 7.02. The van der Waals surface area contributed by atoms with Crippen LogP contribution < -0.4 is 16.0 Å². The predicted molar refractivity (Wildman–Crippen MR) is 136 cm³/mol. The molecule has 5 rings (SSSR count). The molecular weight excluding hydrogens is 487 g/mol. The van der Waals surface area contributed by atoms with Gasteiger partial charge >= 0.3 is 12.2 Å². The van der Waals surface area contributed by atoms with Crippen molar-refractivity contribution in [2.24, 2.45) is 0 Å². The first-order chi connectivity index (χ1) is 17.3. The molecule has 3 N–H and O–H groups in total. The number of anilines is 3. The molecular formula is C26H22F3N5OS. The molecule has 0 radical (unpaired) electrons. The number of thiazole rings is 1. The fourth-order valence-corrected chi connectivity index (χ4v) is 4.78. The van der Waals surface area contributed by atoms with Gasteiger partial charge in [-0.25, -0.2) is 14.8 Å². The number of benzene rings is 2. The van der Waals surface area contributed by atoms with Crippen LogP contribution in [0.4, 0.5) is 34.6 Å². The van der Waals surface area contributed by atoms with Gasteiger partial charge in [0.25, 0.3) is 0 Å². The topological polar surface area (TPSA) is 84.1 Å². The number of urea groups is 1. The number of carbonyl (C=O) groups is 1. The summed E-state index contributed by atoms with van der Waals surface area (Å²) in [6.07, 6.45) is -0.275. The van der Waals surface area contributed by atoms with Crippen molar-refractivity contribution in [2.75, 3.05) is 16.0 Å². The van der Waals surface area contributed by atoms with Gasteiger partial charge in [0.1, 0.15) is 0 Å². The van der Waals surface area contributed by atoms with Crippen molar-refractivity contribution in [3.63, 3.8) is 0 Å². The predicted octanol–water partition coefficient (Wildman–Crippen LogP) is 7.06. The van der Waals surface area contributed by atoms with Crippen molar-refractivity contribution in [1.82, 2.24) is 9.97 Å². The maximum atomic E-state index is 13.4. The van der Waals surface area contributed by atoms with Gasteiger partial charge in [0.05, 0.1) is 21.8 Å². The highest BCUT2D eigenvalue weighted by atomic mass is 32.1. The number of amides is 2. The van der Waals surface area contributed by atoms with Gasteiger partial charge in [0.15, 0.2) is 10.9 Å². The number of nitrogens with two attached hydrogens (primary N) is 1. The number of pyridine rings is 1. The SMILES string of the molecule is Nc1ccc(-c2cccc(C(F)(F)F)c2)nc1N(C(=O)Nc1ncc(-c2ccccc2)s1)C1CCC1. The Morgan fingerprint density at radius 1 is 1.03 bits per heavy atom. The molecule has 0 atom stereocenters. The maximum Gasteiger partial charge on any atom is 0.416 e. The van der Waals surface area contributed by atoms with Gasteiger partial charge in [-0.1, -0.05) is 53.8 Å². The molecule has 2 heterocycles. The lowest BCUT2D eigenvalue weighted by Crippen LogP contribution is -2.47. The standard InChI is InChI=1S/C26H22F3N5OS/c27-26(28,29)18-9-4-8-17(14-18)21-13-12-20(30)23(32-21)34(19-10-5-11-19)25(35)33-24-31-15-22(36-24)16-6-2-1-3-7-16/h1-4,6-9,12-15,19H,5,10-11,30H2,(H,31,33,35). The molecule has 1 aliphatic carbocycles. The molecule has 36 heavy (non-hydrogen) atoms. The Morgan fingerprint density at radius 2 is 1.78 bits per heavy atom. The molecule has 4 aromatic rings. The van der Waals surface area contributed by atoms with Crippen LogP contribution in [0.3, 0.4) is 0 Å². The molecule has 10 heteroatoms. The minimum absolute atomic E-state index is 0.120. The van der Waals surface area contributed by atoms with E-state index in [4.69, 9.17) is 5.73 Å². The van der Waals surface area contributed by atoms with Crippen molar-refractivity contribution < 1.29 is 18.0 Å².